The fraction of sp³-hybridized carbons (Fsp3) is 0.300. The topological polar surface area (TPSA) is 122 Å². The molecule has 2 aromatic carbocycles. The number of anilines is 2. The van der Waals surface area contributed by atoms with E-state index in [1.807, 2.05) is 0 Å². The van der Waals surface area contributed by atoms with Crippen LogP contribution in [0.5, 0.6) is 5.75 Å². The van der Waals surface area contributed by atoms with Crippen molar-refractivity contribution in [3.05, 3.63) is 48.3 Å². The molecule has 0 saturated heterocycles. The number of carboxylic acid groups (broad SMARTS) is 1. The summed E-state index contributed by atoms with van der Waals surface area (Å²) in [6.07, 6.45) is -2.20. The minimum absolute atomic E-state index is 0.000856. The highest BCUT2D eigenvalue weighted by atomic mass is 32.2. The van der Waals surface area contributed by atoms with E-state index in [1.165, 1.54) is 18.2 Å². The fourth-order valence-electron chi connectivity index (χ4n) is 2.84. The Morgan fingerprint density at radius 2 is 1.84 bits per heavy atom. The maximum Gasteiger partial charge on any atom is 0.412 e. The van der Waals surface area contributed by atoms with E-state index in [0.717, 1.165) is 28.6 Å². The number of halogens is 1. The molecule has 166 valence electrons. The third-order valence-electron chi connectivity index (χ3n) is 4.15. The molecule has 31 heavy (non-hydrogen) atoms. The Labute approximate surface area is 178 Å². The first-order chi connectivity index (χ1) is 14.4. The van der Waals surface area contributed by atoms with Crippen LogP contribution in [0, 0.1) is 5.82 Å². The number of hydrogen-bond acceptors (Lipinski definition) is 6. The number of carbonyl (C=O) groups is 2. The second-order valence-corrected chi connectivity index (χ2v) is 9.61. The third kappa shape index (κ3) is 5.05. The molecule has 0 fully saturated rings. The molecule has 0 bridgehead atoms. The van der Waals surface area contributed by atoms with Crippen molar-refractivity contribution in [2.45, 2.75) is 37.4 Å². The van der Waals surface area contributed by atoms with E-state index >= 15 is 0 Å². The molecule has 9 nitrogen and oxygen atoms in total. The van der Waals surface area contributed by atoms with Gasteiger partial charge in [0.15, 0.2) is 0 Å². The highest BCUT2D eigenvalue weighted by Gasteiger charge is 2.38. The molecule has 0 spiro atoms. The molecule has 3 rings (SSSR count). The molecular weight excluding hydrogens is 431 g/mol. The van der Waals surface area contributed by atoms with Gasteiger partial charge in [-0.05, 0) is 63.2 Å². The number of fused-ring (bicyclic) bond motifs is 1. The van der Waals surface area contributed by atoms with E-state index in [4.69, 9.17) is 9.47 Å². The number of sulfonamides is 1. The van der Waals surface area contributed by atoms with Crippen molar-refractivity contribution in [2.24, 2.45) is 0 Å². The Bertz CT molecular complexity index is 1110. The quantitative estimate of drug-likeness (QED) is 0.730. The van der Waals surface area contributed by atoms with Gasteiger partial charge in [-0.1, -0.05) is 0 Å². The van der Waals surface area contributed by atoms with Crippen LogP contribution in [0.3, 0.4) is 0 Å². The molecule has 0 unspecified atom stereocenters. The minimum atomic E-state index is -4.25. The van der Waals surface area contributed by atoms with Crippen LogP contribution in [0.4, 0.5) is 20.6 Å². The standard InChI is InChI=1S/C20H21FN2O7S/c1-20(2,3)30-19(26)22-13-6-9-16-15(10-13)23(11-17(29-16)18(24)25)31(27,28)14-7-4-12(21)5-8-14/h4-10,17H,11H2,1-3H3,(H,22,26)(H,24,25)/t17-/m1/s1. The summed E-state index contributed by atoms with van der Waals surface area (Å²) in [6, 6.07) is 8.25. The van der Waals surface area contributed by atoms with Gasteiger partial charge in [-0.25, -0.2) is 22.4 Å². The predicted octanol–water partition coefficient (Wildman–Crippen LogP) is 3.21. The third-order valence-corrected chi connectivity index (χ3v) is 5.94. The highest BCUT2D eigenvalue weighted by Crippen LogP contribution is 2.39. The summed E-state index contributed by atoms with van der Waals surface area (Å²) in [6.45, 7) is 4.56. The molecule has 0 saturated carbocycles. The number of ether oxygens (including phenoxy) is 2. The van der Waals surface area contributed by atoms with Gasteiger partial charge in [0.25, 0.3) is 10.0 Å². The zero-order chi connectivity index (χ0) is 23.0. The summed E-state index contributed by atoms with van der Waals surface area (Å²) in [4.78, 5) is 23.3. The molecule has 0 aliphatic carbocycles. The van der Waals surface area contributed by atoms with Gasteiger partial charge in [-0.15, -0.1) is 0 Å². The molecule has 1 aliphatic heterocycles. The SMILES string of the molecule is CC(C)(C)OC(=O)Nc1ccc2c(c1)N(S(=O)(=O)c1ccc(F)cc1)C[C@H](C(=O)O)O2. The van der Waals surface area contributed by atoms with Crippen LogP contribution < -0.4 is 14.4 Å². The van der Waals surface area contributed by atoms with Gasteiger partial charge in [0.1, 0.15) is 17.2 Å². The zero-order valence-electron chi connectivity index (χ0n) is 17.0. The molecule has 2 N–H and O–H groups in total. The van der Waals surface area contributed by atoms with Crippen LogP contribution in [-0.4, -0.2) is 43.8 Å². The number of amides is 1. The van der Waals surface area contributed by atoms with Crippen LogP contribution in [0.25, 0.3) is 0 Å². The van der Waals surface area contributed by atoms with Gasteiger partial charge in [0.05, 0.1) is 17.1 Å². The zero-order valence-corrected chi connectivity index (χ0v) is 17.8. The van der Waals surface area contributed by atoms with Crippen LogP contribution in [0.2, 0.25) is 0 Å². The number of carboxylic acids is 1. The lowest BCUT2D eigenvalue weighted by Gasteiger charge is -2.34. The molecular formula is C20H21FN2O7S. The molecule has 1 heterocycles. The van der Waals surface area contributed by atoms with Crippen molar-refractivity contribution in [1.82, 2.24) is 0 Å². The summed E-state index contributed by atoms with van der Waals surface area (Å²) < 4.78 is 51.1. The number of nitrogens with zero attached hydrogens (tertiary/aromatic N) is 1. The molecule has 1 atom stereocenters. The van der Waals surface area contributed by atoms with Crippen molar-refractivity contribution in [3.8, 4) is 5.75 Å². The second-order valence-electron chi connectivity index (χ2n) is 7.74. The molecule has 1 amide bonds. The Morgan fingerprint density at radius 1 is 1.19 bits per heavy atom. The van der Waals surface area contributed by atoms with Crippen molar-refractivity contribution < 1.29 is 37.0 Å². The van der Waals surface area contributed by atoms with E-state index in [-0.39, 0.29) is 22.0 Å². The van der Waals surface area contributed by atoms with E-state index in [9.17, 15) is 27.5 Å². The van der Waals surface area contributed by atoms with Gasteiger partial charge < -0.3 is 14.6 Å². The fourth-order valence-corrected chi connectivity index (χ4v) is 4.31. The number of carbonyl (C=O) groups excluding carboxylic acids is 1. The maximum atomic E-state index is 13.3. The van der Waals surface area contributed by atoms with Gasteiger partial charge >= 0.3 is 12.1 Å². The molecule has 0 radical (unpaired) electrons. The summed E-state index contributed by atoms with van der Waals surface area (Å²) in [5, 5.41) is 11.9. The molecule has 1 aliphatic rings. The normalized spacial score (nSPS) is 16.1. The van der Waals surface area contributed by atoms with Gasteiger partial charge in [0, 0.05) is 5.69 Å². The largest absolute Gasteiger partial charge is 0.478 e. The van der Waals surface area contributed by atoms with E-state index < -0.39 is 46.2 Å². The van der Waals surface area contributed by atoms with Crippen molar-refractivity contribution >= 4 is 33.5 Å². The molecule has 11 heteroatoms. The van der Waals surface area contributed by atoms with Gasteiger partial charge in [0.2, 0.25) is 6.10 Å². The summed E-state index contributed by atoms with van der Waals surface area (Å²) >= 11 is 0. The summed E-state index contributed by atoms with van der Waals surface area (Å²) in [5.74, 6) is -1.96. The van der Waals surface area contributed by atoms with Gasteiger partial charge in [-0.3, -0.25) is 9.62 Å². The lowest BCUT2D eigenvalue weighted by atomic mass is 10.2. The number of hydrogen-bond donors (Lipinski definition) is 2. The Kier molecular flexibility index (Phi) is 5.81. The van der Waals surface area contributed by atoms with Crippen molar-refractivity contribution in [3.63, 3.8) is 0 Å². The van der Waals surface area contributed by atoms with Crippen LogP contribution >= 0.6 is 0 Å². The Balaban J connectivity index is 2.01. The van der Waals surface area contributed by atoms with E-state index in [1.54, 1.807) is 20.8 Å². The second kappa shape index (κ2) is 8.06. The van der Waals surface area contributed by atoms with Crippen molar-refractivity contribution in [1.29, 1.82) is 0 Å². The minimum Gasteiger partial charge on any atom is -0.478 e. The summed E-state index contributed by atoms with van der Waals surface area (Å²) in [5.41, 5.74) is -0.506. The maximum absolute atomic E-state index is 13.3. The van der Waals surface area contributed by atoms with E-state index in [0.29, 0.717) is 0 Å². The monoisotopic (exact) mass is 452 g/mol. The average molecular weight is 452 g/mol. The van der Waals surface area contributed by atoms with Gasteiger partial charge in [-0.2, -0.15) is 0 Å². The first kappa shape index (κ1) is 22.3. The van der Waals surface area contributed by atoms with Crippen molar-refractivity contribution in [2.75, 3.05) is 16.2 Å². The van der Waals surface area contributed by atoms with Crippen LogP contribution in [0.1, 0.15) is 20.8 Å². The lowest BCUT2D eigenvalue weighted by molar-refractivity contribution is -0.144. The smallest absolute Gasteiger partial charge is 0.412 e. The van der Waals surface area contributed by atoms with Crippen LogP contribution in [-0.2, 0) is 19.6 Å². The number of benzene rings is 2. The highest BCUT2D eigenvalue weighted by molar-refractivity contribution is 7.92. The molecule has 2 aromatic rings. The van der Waals surface area contributed by atoms with Crippen LogP contribution in [0.15, 0.2) is 47.4 Å². The first-order valence-corrected chi connectivity index (χ1v) is 10.6. The van der Waals surface area contributed by atoms with E-state index in [2.05, 4.69) is 5.32 Å². The lowest BCUT2D eigenvalue weighted by Crippen LogP contribution is -2.47. The average Bonchev–Trinajstić information content (AvgIpc) is 2.65. The predicted molar refractivity (Wildman–Crippen MR) is 109 cm³/mol. The first-order valence-electron chi connectivity index (χ1n) is 9.19. The summed E-state index contributed by atoms with van der Waals surface area (Å²) in [7, 11) is -4.25. The number of rotatable bonds is 4. The Morgan fingerprint density at radius 3 is 2.42 bits per heavy atom. The number of nitrogens with one attached hydrogen (secondary N) is 1. The molecule has 0 aromatic heterocycles. The number of aliphatic carboxylic acids is 1. The Hall–Kier alpha value is -3.34.